The molecule has 2 heterocycles. The zero-order chi connectivity index (χ0) is 15.9. The van der Waals surface area contributed by atoms with Crippen LogP contribution in [0, 0.1) is 0 Å². The lowest BCUT2D eigenvalue weighted by atomic mass is 10.00. The zero-order valence-electron chi connectivity index (χ0n) is 13.1. The van der Waals surface area contributed by atoms with Crippen molar-refractivity contribution in [1.82, 2.24) is 15.2 Å². The lowest BCUT2D eigenvalue weighted by molar-refractivity contribution is -0.116. The maximum Gasteiger partial charge on any atom is 0.244 e. The maximum absolute atomic E-state index is 11.8. The van der Waals surface area contributed by atoms with Gasteiger partial charge in [-0.2, -0.15) is 0 Å². The number of carbonyl (C=O) groups is 1. The first-order chi connectivity index (χ1) is 11.3. The molecule has 0 saturated carbocycles. The van der Waals surface area contributed by atoms with Gasteiger partial charge in [0.05, 0.1) is 0 Å². The normalized spacial score (nSPS) is 14.6. The van der Waals surface area contributed by atoms with Crippen LogP contribution >= 0.6 is 0 Å². The van der Waals surface area contributed by atoms with Gasteiger partial charge in [0.15, 0.2) is 0 Å². The fourth-order valence-corrected chi connectivity index (χ4v) is 2.79. The van der Waals surface area contributed by atoms with Gasteiger partial charge in [0.25, 0.3) is 0 Å². The molecule has 0 fully saturated rings. The van der Waals surface area contributed by atoms with Crippen LogP contribution in [0.1, 0.15) is 16.7 Å². The lowest BCUT2D eigenvalue weighted by Crippen LogP contribution is -2.37. The van der Waals surface area contributed by atoms with Crippen molar-refractivity contribution in [2.45, 2.75) is 13.0 Å². The summed E-state index contributed by atoms with van der Waals surface area (Å²) in [6.45, 7) is 3.57. The Morgan fingerprint density at radius 2 is 1.96 bits per heavy atom. The molecule has 1 aromatic carbocycles. The molecule has 0 bridgehead atoms. The van der Waals surface area contributed by atoms with Crippen LogP contribution in [-0.2, 0) is 17.8 Å². The van der Waals surface area contributed by atoms with Crippen LogP contribution in [0.2, 0.25) is 0 Å². The third kappa shape index (κ3) is 4.50. The molecule has 4 heteroatoms. The Balaban J connectivity index is 1.42. The first kappa shape index (κ1) is 15.4. The number of fused-ring (bicyclic) bond motifs is 1. The summed E-state index contributed by atoms with van der Waals surface area (Å²) in [6, 6.07) is 12.3. The van der Waals surface area contributed by atoms with Crippen LogP contribution in [0.15, 0.2) is 54.9 Å². The van der Waals surface area contributed by atoms with Gasteiger partial charge in [-0.25, -0.2) is 0 Å². The second-order valence-electron chi connectivity index (χ2n) is 5.70. The monoisotopic (exact) mass is 307 g/mol. The van der Waals surface area contributed by atoms with Crippen LogP contribution in [-0.4, -0.2) is 35.4 Å². The number of aromatic nitrogens is 1. The van der Waals surface area contributed by atoms with Crippen molar-refractivity contribution in [2.24, 2.45) is 0 Å². The number of amides is 1. The molecule has 2 aromatic rings. The van der Waals surface area contributed by atoms with E-state index in [-0.39, 0.29) is 5.91 Å². The van der Waals surface area contributed by atoms with Gasteiger partial charge in [-0.05, 0) is 41.3 Å². The van der Waals surface area contributed by atoms with Gasteiger partial charge in [0, 0.05) is 44.6 Å². The summed E-state index contributed by atoms with van der Waals surface area (Å²) in [7, 11) is 0. The molecule has 0 spiro atoms. The second kappa shape index (κ2) is 7.70. The maximum atomic E-state index is 11.8. The fraction of sp³-hybridized carbons (Fsp3) is 0.263. The quantitative estimate of drug-likeness (QED) is 0.862. The largest absolute Gasteiger partial charge is 0.351 e. The highest BCUT2D eigenvalue weighted by atomic mass is 16.1. The Hall–Kier alpha value is -2.46. The smallest absolute Gasteiger partial charge is 0.244 e. The van der Waals surface area contributed by atoms with Crippen LogP contribution in [0.25, 0.3) is 6.08 Å². The molecule has 0 atom stereocenters. The van der Waals surface area contributed by atoms with Gasteiger partial charge in [0.1, 0.15) is 0 Å². The summed E-state index contributed by atoms with van der Waals surface area (Å²) in [5.74, 6) is -0.0563. The number of rotatable bonds is 5. The van der Waals surface area contributed by atoms with Crippen LogP contribution < -0.4 is 5.32 Å². The molecule has 1 N–H and O–H groups in total. The first-order valence-corrected chi connectivity index (χ1v) is 7.96. The third-order valence-electron chi connectivity index (χ3n) is 4.07. The minimum Gasteiger partial charge on any atom is -0.351 e. The van der Waals surface area contributed by atoms with Gasteiger partial charge in [0.2, 0.25) is 5.91 Å². The molecule has 0 unspecified atom stereocenters. The molecule has 1 aromatic heterocycles. The molecule has 0 radical (unpaired) electrons. The van der Waals surface area contributed by atoms with Crippen molar-refractivity contribution in [3.05, 3.63) is 71.6 Å². The van der Waals surface area contributed by atoms with Crippen LogP contribution in [0.3, 0.4) is 0 Å². The standard InChI is InChI=1S/C19H21N3O/c23-19(6-5-16-7-10-20-11-8-16)21-12-14-22-13-9-17-3-1-2-4-18(17)15-22/h1-8,10-11H,9,12-15H2,(H,21,23)/b6-5-. The van der Waals surface area contributed by atoms with E-state index in [1.165, 1.54) is 11.1 Å². The SMILES string of the molecule is O=C(/C=C\c1ccncc1)NCCN1CCc2ccccc2C1. The van der Waals surface area contributed by atoms with Gasteiger partial charge >= 0.3 is 0 Å². The van der Waals surface area contributed by atoms with E-state index in [0.717, 1.165) is 31.6 Å². The van der Waals surface area contributed by atoms with Crippen LogP contribution in [0.5, 0.6) is 0 Å². The van der Waals surface area contributed by atoms with E-state index in [9.17, 15) is 4.79 Å². The van der Waals surface area contributed by atoms with Crippen molar-refractivity contribution in [2.75, 3.05) is 19.6 Å². The Labute approximate surface area is 136 Å². The van der Waals surface area contributed by atoms with Gasteiger partial charge in [-0.1, -0.05) is 24.3 Å². The second-order valence-corrected chi connectivity index (χ2v) is 5.70. The average Bonchev–Trinajstić information content (AvgIpc) is 2.61. The molecular weight excluding hydrogens is 286 g/mol. The molecule has 1 aliphatic rings. The van der Waals surface area contributed by atoms with Crippen molar-refractivity contribution < 1.29 is 4.79 Å². The van der Waals surface area contributed by atoms with E-state index < -0.39 is 0 Å². The van der Waals surface area contributed by atoms with E-state index in [1.807, 2.05) is 12.1 Å². The number of nitrogens with one attached hydrogen (secondary N) is 1. The highest BCUT2D eigenvalue weighted by Gasteiger charge is 2.14. The molecule has 1 amide bonds. The molecule has 1 aliphatic heterocycles. The predicted octanol–water partition coefficient (Wildman–Crippen LogP) is 2.27. The number of hydrogen-bond acceptors (Lipinski definition) is 3. The van der Waals surface area contributed by atoms with Gasteiger partial charge in [-0.3, -0.25) is 14.7 Å². The van der Waals surface area contributed by atoms with E-state index in [2.05, 4.69) is 39.5 Å². The highest BCUT2D eigenvalue weighted by molar-refractivity contribution is 5.91. The number of nitrogens with zero attached hydrogens (tertiary/aromatic N) is 2. The third-order valence-corrected chi connectivity index (χ3v) is 4.07. The fourth-order valence-electron chi connectivity index (χ4n) is 2.79. The van der Waals surface area contributed by atoms with Gasteiger partial charge in [-0.15, -0.1) is 0 Å². The summed E-state index contributed by atoms with van der Waals surface area (Å²) >= 11 is 0. The molecule has 23 heavy (non-hydrogen) atoms. The molecule has 4 nitrogen and oxygen atoms in total. The van der Waals surface area contributed by atoms with E-state index in [4.69, 9.17) is 0 Å². The summed E-state index contributed by atoms with van der Waals surface area (Å²) in [4.78, 5) is 18.2. The molecule has 0 aliphatic carbocycles. The number of carbonyl (C=O) groups excluding carboxylic acids is 1. The Morgan fingerprint density at radius 3 is 2.78 bits per heavy atom. The minimum absolute atomic E-state index is 0.0563. The minimum atomic E-state index is -0.0563. The van der Waals surface area contributed by atoms with Crippen LogP contribution in [0.4, 0.5) is 0 Å². The van der Waals surface area contributed by atoms with Crippen molar-refractivity contribution in [3.63, 3.8) is 0 Å². The van der Waals surface area contributed by atoms with E-state index in [1.54, 1.807) is 24.5 Å². The molecule has 118 valence electrons. The number of benzene rings is 1. The lowest BCUT2D eigenvalue weighted by Gasteiger charge is -2.28. The van der Waals surface area contributed by atoms with Crippen molar-refractivity contribution in [3.8, 4) is 0 Å². The predicted molar refractivity (Wildman–Crippen MR) is 91.7 cm³/mol. The van der Waals surface area contributed by atoms with E-state index >= 15 is 0 Å². The number of pyridine rings is 1. The number of hydrogen-bond donors (Lipinski definition) is 1. The van der Waals surface area contributed by atoms with E-state index in [0.29, 0.717) is 6.54 Å². The summed E-state index contributed by atoms with van der Waals surface area (Å²) in [5.41, 5.74) is 3.83. The Bertz CT molecular complexity index is 682. The van der Waals surface area contributed by atoms with Crippen molar-refractivity contribution in [1.29, 1.82) is 0 Å². The Morgan fingerprint density at radius 1 is 1.17 bits per heavy atom. The summed E-state index contributed by atoms with van der Waals surface area (Å²) in [5, 5.41) is 2.94. The Kier molecular flexibility index (Phi) is 5.17. The topological polar surface area (TPSA) is 45.2 Å². The summed E-state index contributed by atoms with van der Waals surface area (Å²) < 4.78 is 0. The highest BCUT2D eigenvalue weighted by Crippen LogP contribution is 2.17. The zero-order valence-corrected chi connectivity index (χ0v) is 13.1. The molecule has 3 rings (SSSR count). The van der Waals surface area contributed by atoms with Crippen molar-refractivity contribution >= 4 is 12.0 Å². The molecular formula is C19H21N3O. The average molecular weight is 307 g/mol. The molecule has 0 saturated heterocycles. The first-order valence-electron chi connectivity index (χ1n) is 7.96. The summed E-state index contributed by atoms with van der Waals surface area (Å²) in [6.07, 6.45) is 7.89. The van der Waals surface area contributed by atoms with Gasteiger partial charge < -0.3 is 5.32 Å².